The van der Waals surface area contributed by atoms with Gasteiger partial charge in [0, 0.05) is 37.6 Å². The maximum Gasteiger partial charge on any atom is 0.233 e. The van der Waals surface area contributed by atoms with Crippen LogP contribution in [0.5, 0.6) is 5.75 Å². The van der Waals surface area contributed by atoms with Crippen molar-refractivity contribution >= 4 is 29.0 Å². The number of carbonyl (C=O) groups is 1. The lowest BCUT2D eigenvalue weighted by atomic mass is 10.2. The fourth-order valence-electron chi connectivity index (χ4n) is 3.38. The molecule has 1 aliphatic heterocycles. The van der Waals surface area contributed by atoms with E-state index in [0.29, 0.717) is 16.7 Å². The SMILES string of the molecule is COc1ccc(C)cc1-n1nnnc1SCC(=O)N1CCN(Cc2cccs2)CC1. The molecule has 1 fully saturated rings. The molecule has 3 heterocycles. The predicted molar refractivity (Wildman–Crippen MR) is 117 cm³/mol. The number of nitrogens with zero attached hydrogens (tertiary/aromatic N) is 6. The molecule has 1 aliphatic rings. The summed E-state index contributed by atoms with van der Waals surface area (Å²) in [6, 6.07) is 10.1. The number of tetrazole rings is 1. The number of methoxy groups -OCH3 is 1. The molecule has 0 atom stereocenters. The number of ether oxygens (including phenoxy) is 1. The molecule has 0 spiro atoms. The minimum absolute atomic E-state index is 0.113. The van der Waals surface area contributed by atoms with E-state index < -0.39 is 0 Å². The van der Waals surface area contributed by atoms with E-state index in [2.05, 4.69) is 37.9 Å². The standard InChI is InChI=1S/C20H24N6O2S2/c1-15-5-6-18(28-2)17(12-15)26-20(21-22-23-26)30-14-19(27)25-9-7-24(8-10-25)13-16-4-3-11-29-16/h3-6,11-12H,7-10,13-14H2,1-2H3. The van der Waals surface area contributed by atoms with Crippen molar-refractivity contribution in [3.05, 3.63) is 46.2 Å². The molecule has 0 unspecified atom stereocenters. The van der Waals surface area contributed by atoms with Crippen LogP contribution in [0.25, 0.3) is 5.69 Å². The van der Waals surface area contributed by atoms with Gasteiger partial charge >= 0.3 is 0 Å². The van der Waals surface area contributed by atoms with Gasteiger partial charge in [-0.3, -0.25) is 9.69 Å². The van der Waals surface area contributed by atoms with Crippen LogP contribution in [-0.4, -0.2) is 75.0 Å². The quantitative estimate of drug-likeness (QED) is 0.518. The second-order valence-electron chi connectivity index (χ2n) is 7.07. The number of rotatable bonds is 7. The van der Waals surface area contributed by atoms with E-state index in [1.807, 2.05) is 30.0 Å². The second-order valence-corrected chi connectivity index (χ2v) is 9.05. The maximum atomic E-state index is 12.7. The van der Waals surface area contributed by atoms with E-state index in [9.17, 15) is 4.79 Å². The molecule has 158 valence electrons. The third-order valence-electron chi connectivity index (χ3n) is 5.01. The Morgan fingerprint density at radius 3 is 2.80 bits per heavy atom. The van der Waals surface area contributed by atoms with Crippen LogP contribution in [0.4, 0.5) is 0 Å². The lowest BCUT2D eigenvalue weighted by Crippen LogP contribution is -2.48. The summed E-state index contributed by atoms with van der Waals surface area (Å²) in [5, 5.41) is 14.7. The first-order valence-corrected chi connectivity index (χ1v) is 11.6. The van der Waals surface area contributed by atoms with Crippen molar-refractivity contribution in [2.24, 2.45) is 0 Å². The van der Waals surface area contributed by atoms with Crippen molar-refractivity contribution in [1.82, 2.24) is 30.0 Å². The third-order valence-corrected chi connectivity index (χ3v) is 6.78. The van der Waals surface area contributed by atoms with Gasteiger partial charge in [0.1, 0.15) is 11.4 Å². The van der Waals surface area contributed by atoms with Crippen LogP contribution >= 0.6 is 23.1 Å². The van der Waals surface area contributed by atoms with Gasteiger partial charge in [-0.1, -0.05) is 23.9 Å². The number of hydrogen-bond acceptors (Lipinski definition) is 8. The smallest absolute Gasteiger partial charge is 0.233 e. The Kier molecular flexibility index (Phi) is 6.66. The number of hydrogen-bond donors (Lipinski definition) is 0. The molecule has 10 heteroatoms. The van der Waals surface area contributed by atoms with Crippen molar-refractivity contribution in [2.75, 3.05) is 39.0 Å². The summed E-state index contributed by atoms with van der Waals surface area (Å²) in [7, 11) is 1.62. The average Bonchev–Trinajstić information content (AvgIpc) is 3.44. The largest absolute Gasteiger partial charge is 0.494 e. The van der Waals surface area contributed by atoms with Crippen LogP contribution in [0.1, 0.15) is 10.4 Å². The minimum Gasteiger partial charge on any atom is -0.494 e. The lowest BCUT2D eigenvalue weighted by Gasteiger charge is -2.34. The highest BCUT2D eigenvalue weighted by Crippen LogP contribution is 2.27. The van der Waals surface area contributed by atoms with Gasteiger partial charge in [-0.25, -0.2) is 0 Å². The fraction of sp³-hybridized carbons (Fsp3) is 0.400. The Morgan fingerprint density at radius 1 is 1.23 bits per heavy atom. The molecule has 0 saturated carbocycles. The van der Waals surface area contributed by atoms with Crippen LogP contribution < -0.4 is 4.74 Å². The van der Waals surface area contributed by atoms with Gasteiger partial charge in [0.15, 0.2) is 0 Å². The molecule has 3 aromatic rings. The van der Waals surface area contributed by atoms with Crippen molar-refractivity contribution in [3.63, 3.8) is 0 Å². The van der Waals surface area contributed by atoms with E-state index in [1.165, 1.54) is 16.6 Å². The van der Waals surface area contributed by atoms with E-state index in [0.717, 1.165) is 44.0 Å². The number of thioether (sulfide) groups is 1. The first kappa shape index (κ1) is 20.8. The second kappa shape index (κ2) is 9.59. The van der Waals surface area contributed by atoms with E-state index >= 15 is 0 Å². The minimum atomic E-state index is 0.113. The van der Waals surface area contributed by atoms with Gasteiger partial charge in [0.05, 0.1) is 12.9 Å². The van der Waals surface area contributed by atoms with Gasteiger partial charge in [-0.05, 0) is 46.5 Å². The first-order valence-electron chi connectivity index (χ1n) is 9.73. The van der Waals surface area contributed by atoms with Crippen molar-refractivity contribution in [1.29, 1.82) is 0 Å². The summed E-state index contributed by atoms with van der Waals surface area (Å²) in [6.45, 7) is 6.26. The van der Waals surface area contributed by atoms with Crippen LogP contribution in [0.15, 0.2) is 40.9 Å². The van der Waals surface area contributed by atoms with Gasteiger partial charge in [-0.15, -0.1) is 16.4 Å². The van der Waals surface area contributed by atoms with Gasteiger partial charge in [0.25, 0.3) is 0 Å². The summed E-state index contributed by atoms with van der Waals surface area (Å²) in [5.74, 6) is 1.10. The fourth-order valence-corrected chi connectivity index (χ4v) is 4.91. The average molecular weight is 445 g/mol. The molecule has 30 heavy (non-hydrogen) atoms. The number of carbonyl (C=O) groups excluding carboxylic acids is 1. The maximum absolute atomic E-state index is 12.7. The zero-order valence-corrected chi connectivity index (χ0v) is 18.7. The summed E-state index contributed by atoms with van der Waals surface area (Å²) < 4.78 is 7.07. The highest BCUT2D eigenvalue weighted by atomic mass is 32.2. The third kappa shape index (κ3) is 4.82. The molecule has 0 radical (unpaired) electrons. The Hall–Kier alpha value is -2.43. The van der Waals surface area contributed by atoms with Crippen LogP contribution in [-0.2, 0) is 11.3 Å². The topological polar surface area (TPSA) is 76.4 Å². The molecule has 4 rings (SSSR count). The van der Waals surface area contributed by atoms with E-state index in [1.54, 1.807) is 23.1 Å². The van der Waals surface area contributed by atoms with Crippen molar-refractivity contribution in [2.45, 2.75) is 18.6 Å². The zero-order valence-electron chi connectivity index (χ0n) is 17.0. The molecule has 2 aromatic heterocycles. The predicted octanol–water partition coefficient (Wildman–Crippen LogP) is 2.48. The molecule has 0 bridgehead atoms. The number of aryl methyl sites for hydroxylation is 1. The normalized spacial score (nSPS) is 14.8. The summed E-state index contributed by atoms with van der Waals surface area (Å²) >= 11 is 3.13. The van der Waals surface area contributed by atoms with E-state index in [-0.39, 0.29) is 5.91 Å². The highest BCUT2D eigenvalue weighted by Gasteiger charge is 2.22. The van der Waals surface area contributed by atoms with Crippen molar-refractivity contribution < 1.29 is 9.53 Å². The molecular weight excluding hydrogens is 420 g/mol. The summed E-state index contributed by atoms with van der Waals surface area (Å²) in [6.07, 6.45) is 0. The van der Waals surface area contributed by atoms with Gasteiger partial charge < -0.3 is 9.64 Å². The molecule has 0 aliphatic carbocycles. The number of benzene rings is 1. The molecule has 1 aromatic carbocycles. The Labute approximate surface area is 183 Å². The number of piperazine rings is 1. The van der Waals surface area contributed by atoms with Crippen LogP contribution in [0, 0.1) is 6.92 Å². The lowest BCUT2D eigenvalue weighted by molar-refractivity contribution is -0.130. The number of amides is 1. The summed E-state index contributed by atoms with van der Waals surface area (Å²) in [4.78, 5) is 18.4. The highest BCUT2D eigenvalue weighted by molar-refractivity contribution is 7.99. The van der Waals surface area contributed by atoms with Crippen molar-refractivity contribution in [3.8, 4) is 11.4 Å². The number of thiophene rings is 1. The van der Waals surface area contributed by atoms with Crippen LogP contribution in [0.2, 0.25) is 0 Å². The Bertz CT molecular complexity index is 983. The Morgan fingerprint density at radius 2 is 2.07 bits per heavy atom. The van der Waals surface area contributed by atoms with Gasteiger partial charge in [0.2, 0.25) is 11.1 Å². The van der Waals surface area contributed by atoms with Crippen LogP contribution in [0.3, 0.4) is 0 Å². The number of aromatic nitrogens is 4. The van der Waals surface area contributed by atoms with Gasteiger partial charge in [-0.2, -0.15) is 4.68 Å². The molecule has 0 N–H and O–H groups in total. The molecule has 8 nitrogen and oxygen atoms in total. The summed E-state index contributed by atoms with van der Waals surface area (Å²) in [5.41, 5.74) is 1.84. The zero-order chi connectivity index (χ0) is 20.9. The molecule has 1 amide bonds. The monoisotopic (exact) mass is 444 g/mol. The first-order chi connectivity index (χ1) is 14.6. The molecular formula is C20H24N6O2S2. The molecule has 1 saturated heterocycles. The van der Waals surface area contributed by atoms with E-state index in [4.69, 9.17) is 4.74 Å². The Balaban J connectivity index is 1.33.